The van der Waals surface area contributed by atoms with E-state index in [0.717, 1.165) is 58.6 Å². The van der Waals surface area contributed by atoms with Crippen LogP contribution in [0.4, 0.5) is 31.8 Å². The number of amides is 7. The molecule has 0 radical (unpaired) electrons. The van der Waals surface area contributed by atoms with Gasteiger partial charge in [0.05, 0.1) is 57.5 Å². The number of thiazole rings is 1. The number of benzene rings is 3. The Morgan fingerprint density at radius 3 is 2.42 bits per heavy atom. The SMILES string of the molecule is Cc1c(-c2ccc(-c3ccc4c(c3)N(C(=O)Nc3nc5ccccc5s3)CCN4C)nc2C(=O)O)cnn1CC12CC3(C)CC(C)(C1)C(OCCN(C)C(=O)OC/C=C/c1ccc(O[C@H]4C[C@@H](O)[C@H](O)[C@@H](C(=O)O)O4)c(NC(=O)CCNC(=O)CCCCCN4C(=O)C=CC4=O)c1)(C3)C2. The number of ether oxygens (including phenoxy) is 4. The van der Waals surface area contributed by atoms with E-state index in [9.17, 15) is 58.8 Å². The fourth-order valence-corrected chi connectivity index (χ4v) is 16.7. The minimum atomic E-state index is -1.78. The van der Waals surface area contributed by atoms with Crippen LogP contribution < -0.4 is 30.5 Å². The van der Waals surface area contributed by atoms with Gasteiger partial charge in [-0.3, -0.25) is 39.0 Å². The van der Waals surface area contributed by atoms with Crippen LogP contribution >= 0.6 is 11.3 Å². The number of aromatic carboxylic acids is 1. The Morgan fingerprint density at radius 1 is 0.848 bits per heavy atom. The average Bonchev–Trinajstić information content (AvgIpc) is 1.51. The van der Waals surface area contributed by atoms with Gasteiger partial charge in [0.1, 0.15) is 18.5 Å². The second kappa shape index (κ2) is 28.3. The number of aliphatic hydroxyl groups excluding tert-OH is 2. The second-order valence-electron chi connectivity index (χ2n) is 27.5. The van der Waals surface area contributed by atoms with Crippen molar-refractivity contribution >= 4 is 97.5 Å². The highest BCUT2D eigenvalue weighted by Gasteiger charge is 2.74. The number of carboxylic acids is 2. The number of carbonyl (C=O) groups excluding carboxylic acids is 6. The summed E-state index contributed by atoms with van der Waals surface area (Å²) in [5.74, 6) is -4.16. The number of para-hydroxylation sites is 1. The van der Waals surface area contributed by atoms with Crippen molar-refractivity contribution in [2.24, 2.45) is 16.2 Å². The summed E-state index contributed by atoms with van der Waals surface area (Å²) in [7, 11) is 3.61. The predicted octanol–water partition coefficient (Wildman–Crippen LogP) is 8.47. The van der Waals surface area contributed by atoms with E-state index in [1.165, 1.54) is 34.5 Å². The predicted molar refractivity (Wildman–Crippen MR) is 366 cm³/mol. The van der Waals surface area contributed by atoms with Crippen molar-refractivity contribution in [2.75, 3.05) is 80.5 Å². The summed E-state index contributed by atoms with van der Waals surface area (Å²) >= 11 is 1.40. The maximum Gasteiger partial charge on any atom is 0.409 e. The highest BCUT2D eigenvalue weighted by Crippen LogP contribution is 2.77. The lowest BCUT2D eigenvalue weighted by molar-refractivity contribution is -0.228. The van der Waals surface area contributed by atoms with Crippen LogP contribution in [0.25, 0.3) is 38.7 Å². The van der Waals surface area contributed by atoms with Gasteiger partial charge < -0.3 is 59.8 Å². The summed E-state index contributed by atoms with van der Waals surface area (Å²) in [6.07, 6.45) is 6.47. The quantitative estimate of drug-likeness (QED) is 0.0198. The number of fused-ring (bicyclic) bond motifs is 2. The van der Waals surface area contributed by atoms with Gasteiger partial charge in [-0.2, -0.15) is 5.10 Å². The molecule has 3 aromatic carbocycles. The summed E-state index contributed by atoms with van der Waals surface area (Å²) in [5.41, 5.74) is 5.07. The molecule has 5 fully saturated rings. The third-order valence-electron chi connectivity index (χ3n) is 20.0. The van der Waals surface area contributed by atoms with Crippen molar-refractivity contribution in [2.45, 2.75) is 128 Å². The number of nitrogens with zero attached hydrogens (tertiary/aromatic N) is 8. The molecule has 99 heavy (non-hydrogen) atoms. The number of hydrogen-bond acceptors (Lipinski definition) is 19. The van der Waals surface area contributed by atoms with Gasteiger partial charge in [0.25, 0.3) is 11.8 Å². The molecule has 0 spiro atoms. The van der Waals surface area contributed by atoms with Crippen molar-refractivity contribution < 1.29 is 77.7 Å². The van der Waals surface area contributed by atoms with E-state index in [1.807, 2.05) is 61.1 Å². The molecule has 3 aromatic heterocycles. The molecule has 4 unspecified atom stereocenters. The largest absolute Gasteiger partial charge is 0.479 e. The van der Waals surface area contributed by atoms with Gasteiger partial charge in [0.2, 0.25) is 18.1 Å². The van der Waals surface area contributed by atoms with Gasteiger partial charge >= 0.3 is 24.1 Å². The second-order valence-corrected chi connectivity index (χ2v) is 28.5. The van der Waals surface area contributed by atoms with Gasteiger partial charge in [-0.1, -0.05) is 61.9 Å². The molecule has 522 valence electrons. The average molecular weight is 1380 g/mol. The number of aliphatic hydroxyl groups is 2. The summed E-state index contributed by atoms with van der Waals surface area (Å²) in [4.78, 5) is 117. The van der Waals surface area contributed by atoms with Gasteiger partial charge in [-0.05, 0) is 128 Å². The Hall–Kier alpha value is -9.61. The molecule has 7 aliphatic rings. The molecule has 7 N–H and O–H groups in total. The Kier molecular flexibility index (Phi) is 19.8. The third-order valence-corrected chi connectivity index (χ3v) is 21.0. The van der Waals surface area contributed by atoms with E-state index in [-0.39, 0.29) is 109 Å². The molecule has 6 aromatic rings. The smallest absolute Gasteiger partial charge is 0.409 e. The van der Waals surface area contributed by atoms with Crippen molar-refractivity contribution in [3.63, 3.8) is 0 Å². The number of nitrogens with one attached hydrogen (secondary N) is 3. The van der Waals surface area contributed by atoms with Gasteiger partial charge in [-0.15, -0.1) is 0 Å². The van der Waals surface area contributed by atoms with Crippen LogP contribution in [0.2, 0.25) is 0 Å². The standard InChI is InChI=1S/C71H81N11O16S/c1-42-46(45-18-19-47(75-60(45)63(89)90)44-17-20-50-51(33-44)80(28-27-78(50)4)66(93)77-65-76-48-13-8-9-14-54(48)99-65)35-73-82(42)41-70-37-68(2)36-69(3,39-70)71(38-68,40-70)96-31-29-79(5)67(94)95-30-11-12-43-16-21-53(97-59-34-52(83)61(88)62(98-59)64(91)92)49(32-43)74-56(85)24-25-72-55(84)15-7-6-10-26-81-57(86)22-23-58(81)87/h8-9,11-14,16-23,32-33,35,52,59,61-62,83,88H,6-7,10,15,24-31,34,36-41H2,1-5H3,(H,72,84)(H,74,85)(H,89,90)(H,91,92)(H,76,77,93)/b12-11+/t52-,59-,61+,62+,68?,69?,70?,71?/m1/s1. The zero-order valence-corrected chi connectivity index (χ0v) is 56.5. The minimum absolute atomic E-state index is 0.00154. The number of urea groups is 1. The number of likely N-dealkylation sites (N-methyl/N-ethyl adjacent to an activating group) is 2. The normalized spacial score (nSPS) is 24.4. The first-order chi connectivity index (χ1) is 47.3. The summed E-state index contributed by atoms with van der Waals surface area (Å²) in [6.45, 7) is 8.88. The van der Waals surface area contributed by atoms with E-state index < -0.39 is 54.1 Å². The lowest BCUT2D eigenvalue weighted by atomic mass is 9.60. The first kappa shape index (κ1) is 69.3. The number of hydrogen-bond donors (Lipinski definition) is 7. The van der Waals surface area contributed by atoms with Crippen molar-refractivity contribution in [3.8, 4) is 28.1 Å². The molecule has 6 heterocycles. The highest BCUT2D eigenvalue weighted by atomic mass is 32.1. The van der Waals surface area contributed by atoms with Crippen molar-refractivity contribution in [1.82, 2.24) is 34.9 Å². The maximum atomic E-state index is 13.9. The number of anilines is 4. The van der Waals surface area contributed by atoms with Gasteiger partial charge in [-0.25, -0.2) is 29.1 Å². The van der Waals surface area contributed by atoms with E-state index in [0.29, 0.717) is 77.7 Å². The summed E-state index contributed by atoms with van der Waals surface area (Å²) in [5, 5.41) is 54.8. The number of carboxylic acid groups (broad SMARTS) is 2. The van der Waals surface area contributed by atoms with E-state index >= 15 is 0 Å². The number of carbonyl (C=O) groups is 8. The zero-order chi connectivity index (χ0) is 70.1. The molecule has 4 saturated carbocycles. The first-order valence-electron chi connectivity index (χ1n) is 33.2. The molecule has 28 heteroatoms. The Labute approximate surface area is 574 Å². The molecular weight excluding hydrogens is 1290 g/mol. The fraction of sp³-hybridized carbons (Fsp3) is 0.451. The molecule has 4 bridgehead atoms. The van der Waals surface area contributed by atoms with Crippen LogP contribution in [0.5, 0.6) is 5.75 Å². The van der Waals surface area contributed by atoms with E-state index in [1.54, 1.807) is 54.6 Å². The van der Waals surface area contributed by atoms with Crippen LogP contribution in [0.15, 0.2) is 97.2 Å². The summed E-state index contributed by atoms with van der Waals surface area (Å²) in [6, 6.07) is 21.3. The van der Waals surface area contributed by atoms with Crippen molar-refractivity contribution in [1.29, 1.82) is 0 Å². The number of aliphatic carboxylic acids is 1. The Bertz CT molecular complexity index is 4180. The zero-order valence-electron chi connectivity index (χ0n) is 55.7. The lowest BCUT2D eigenvalue weighted by Crippen LogP contribution is -2.53. The fourth-order valence-electron chi connectivity index (χ4n) is 15.9. The lowest BCUT2D eigenvalue weighted by Gasteiger charge is -2.46. The number of rotatable bonds is 26. The third kappa shape index (κ3) is 14.8. The topological polar surface area (TPSA) is 347 Å². The number of imide groups is 1. The number of unbranched alkanes of at least 4 members (excludes halogenated alkanes) is 2. The number of pyridine rings is 1. The van der Waals surface area contributed by atoms with Crippen molar-refractivity contribution in [3.05, 3.63) is 114 Å². The Balaban J connectivity index is 0.644. The van der Waals surface area contributed by atoms with Gasteiger partial charge in [0.15, 0.2) is 16.9 Å². The Morgan fingerprint density at radius 2 is 1.65 bits per heavy atom. The molecule has 3 aliphatic heterocycles. The summed E-state index contributed by atoms with van der Waals surface area (Å²) < 4.78 is 27.0. The molecule has 13 rings (SSSR count). The van der Waals surface area contributed by atoms with E-state index in [2.05, 4.69) is 39.7 Å². The van der Waals surface area contributed by atoms with Crippen LogP contribution in [-0.4, -0.2) is 188 Å². The highest BCUT2D eigenvalue weighted by molar-refractivity contribution is 7.22. The van der Waals surface area contributed by atoms with Crippen LogP contribution in [0.3, 0.4) is 0 Å². The molecule has 7 amide bonds. The maximum absolute atomic E-state index is 13.9. The van der Waals surface area contributed by atoms with Gasteiger partial charge in [0, 0.05) is 107 Å². The molecule has 27 nitrogen and oxygen atoms in total. The monoisotopic (exact) mass is 1380 g/mol. The first-order valence-corrected chi connectivity index (χ1v) is 34.0. The molecule has 8 atom stereocenters. The van der Waals surface area contributed by atoms with Crippen LogP contribution in [0, 0.1) is 23.2 Å². The van der Waals surface area contributed by atoms with Crippen LogP contribution in [-0.2, 0) is 44.7 Å². The molecule has 1 saturated heterocycles. The molecule has 4 aliphatic carbocycles. The van der Waals surface area contributed by atoms with E-state index in [4.69, 9.17) is 29.0 Å². The molecular formula is C71H81N11O16S. The van der Waals surface area contributed by atoms with Crippen LogP contribution in [0.1, 0.15) is 106 Å². The number of aromatic nitrogens is 4. The minimum Gasteiger partial charge on any atom is -0.479 e.